The van der Waals surface area contributed by atoms with Crippen LogP contribution in [0.1, 0.15) is 27.7 Å². The van der Waals surface area contributed by atoms with Crippen LogP contribution in [-0.2, 0) is 0 Å². The fourth-order valence-corrected chi connectivity index (χ4v) is 2.49. The first-order valence-electron chi connectivity index (χ1n) is 8.63. The van der Waals surface area contributed by atoms with Crippen molar-refractivity contribution < 1.29 is 4.42 Å². The van der Waals surface area contributed by atoms with Gasteiger partial charge in [-0.25, -0.2) is 0 Å². The number of benzene rings is 3. The van der Waals surface area contributed by atoms with Crippen LogP contribution in [0, 0.1) is 0 Å². The number of para-hydroxylation sites is 2. The lowest BCUT2D eigenvalue weighted by Crippen LogP contribution is -1.88. The molecule has 0 atom stereocenters. The summed E-state index contributed by atoms with van der Waals surface area (Å²) in [5.41, 5.74) is 3.94. The van der Waals surface area contributed by atoms with Crippen molar-refractivity contribution in [1.82, 2.24) is 0 Å². The maximum Gasteiger partial charge on any atom is 0.137 e. The van der Waals surface area contributed by atoms with E-state index in [-0.39, 0.29) is 0 Å². The monoisotopic (exact) mass is 319 g/mol. The number of fused-ring (bicyclic) bond motifs is 3. The zero-order chi connectivity index (χ0) is 17.4. The van der Waals surface area contributed by atoms with Crippen molar-refractivity contribution in [3.05, 3.63) is 72.8 Å². The van der Waals surface area contributed by atoms with Gasteiger partial charge in [0.15, 0.2) is 0 Å². The van der Waals surface area contributed by atoms with E-state index < -0.39 is 0 Å². The minimum atomic E-state index is 0.909. The standard InChI is InChI=1S/C18H13NO.2C2H6/c1-2-6-13(7-3-1)19-14-10-11-16-15-8-4-5-9-17(15)20-18(16)12-14;2*1-2/h1-12,19H;2*1-2H3. The second-order valence-electron chi connectivity index (χ2n) is 4.80. The number of hydrogen-bond donors (Lipinski definition) is 1. The smallest absolute Gasteiger partial charge is 0.137 e. The van der Waals surface area contributed by atoms with E-state index in [1.54, 1.807) is 0 Å². The molecule has 0 fully saturated rings. The van der Waals surface area contributed by atoms with Crippen LogP contribution in [0.15, 0.2) is 77.2 Å². The molecule has 0 aliphatic rings. The molecule has 0 spiro atoms. The first-order chi connectivity index (χ1) is 11.9. The van der Waals surface area contributed by atoms with Gasteiger partial charge in [-0.2, -0.15) is 0 Å². The minimum Gasteiger partial charge on any atom is -0.456 e. The van der Waals surface area contributed by atoms with Crippen molar-refractivity contribution in [1.29, 1.82) is 0 Å². The average Bonchev–Trinajstić information content (AvgIpc) is 3.03. The normalized spacial score (nSPS) is 9.67. The Morgan fingerprint density at radius 3 is 1.96 bits per heavy atom. The first-order valence-corrected chi connectivity index (χ1v) is 8.63. The number of furan rings is 1. The molecule has 4 aromatic rings. The molecule has 0 bridgehead atoms. The quantitative estimate of drug-likeness (QED) is 0.417. The fraction of sp³-hybridized carbons (Fsp3) is 0.182. The van der Waals surface area contributed by atoms with Crippen LogP contribution in [0.3, 0.4) is 0 Å². The summed E-state index contributed by atoms with van der Waals surface area (Å²) in [7, 11) is 0. The third-order valence-corrected chi connectivity index (χ3v) is 3.44. The molecule has 0 amide bonds. The molecule has 2 heteroatoms. The van der Waals surface area contributed by atoms with E-state index >= 15 is 0 Å². The van der Waals surface area contributed by atoms with E-state index in [1.807, 2.05) is 82.3 Å². The van der Waals surface area contributed by atoms with Gasteiger partial charge in [0.25, 0.3) is 0 Å². The van der Waals surface area contributed by atoms with Crippen LogP contribution < -0.4 is 5.32 Å². The Balaban J connectivity index is 0.000000487. The van der Waals surface area contributed by atoms with Crippen LogP contribution in [0.25, 0.3) is 21.9 Å². The van der Waals surface area contributed by atoms with Gasteiger partial charge in [0.1, 0.15) is 11.2 Å². The molecule has 0 aliphatic heterocycles. The molecule has 0 unspecified atom stereocenters. The van der Waals surface area contributed by atoms with Crippen LogP contribution >= 0.6 is 0 Å². The number of hydrogen-bond acceptors (Lipinski definition) is 2. The zero-order valence-corrected chi connectivity index (χ0v) is 14.8. The summed E-state index contributed by atoms with van der Waals surface area (Å²) in [6.07, 6.45) is 0. The van der Waals surface area contributed by atoms with Gasteiger partial charge in [-0.15, -0.1) is 0 Å². The van der Waals surface area contributed by atoms with Gasteiger partial charge in [-0.1, -0.05) is 64.1 Å². The fourth-order valence-electron chi connectivity index (χ4n) is 2.49. The van der Waals surface area contributed by atoms with Crippen molar-refractivity contribution in [3.8, 4) is 0 Å². The Morgan fingerprint density at radius 1 is 0.583 bits per heavy atom. The minimum absolute atomic E-state index is 0.909. The average molecular weight is 319 g/mol. The van der Waals surface area contributed by atoms with Crippen molar-refractivity contribution in [3.63, 3.8) is 0 Å². The molecule has 4 rings (SSSR count). The highest BCUT2D eigenvalue weighted by molar-refractivity contribution is 6.05. The molecule has 1 aromatic heterocycles. The van der Waals surface area contributed by atoms with Crippen molar-refractivity contribution >= 4 is 33.3 Å². The van der Waals surface area contributed by atoms with E-state index in [1.165, 1.54) is 0 Å². The summed E-state index contributed by atoms with van der Waals surface area (Å²) in [6, 6.07) is 24.5. The van der Waals surface area contributed by atoms with E-state index in [9.17, 15) is 0 Å². The number of anilines is 2. The Morgan fingerprint density at radius 2 is 1.21 bits per heavy atom. The predicted molar refractivity (Wildman–Crippen MR) is 106 cm³/mol. The summed E-state index contributed by atoms with van der Waals surface area (Å²) >= 11 is 0. The number of rotatable bonds is 2. The summed E-state index contributed by atoms with van der Waals surface area (Å²) in [4.78, 5) is 0. The van der Waals surface area contributed by atoms with Gasteiger partial charge in [0.2, 0.25) is 0 Å². The number of nitrogens with one attached hydrogen (secondary N) is 1. The summed E-state index contributed by atoms with van der Waals surface area (Å²) in [5, 5.41) is 5.69. The second kappa shape index (κ2) is 8.78. The Bertz CT molecular complexity index is 878. The highest BCUT2D eigenvalue weighted by atomic mass is 16.3. The van der Waals surface area contributed by atoms with E-state index in [2.05, 4.69) is 23.5 Å². The van der Waals surface area contributed by atoms with Gasteiger partial charge in [-0.05, 0) is 30.3 Å². The summed E-state index contributed by atoms with van der Waals surface area (Å²) in [6.45, 7) is 8.00. The third kappa shape index (κ3) is 3.77. The lowest BCUT2D eigenvalue weighted by molar-refractivity contribution is 0.669. The van der Waals surface area contributed by atoms with Gasteiger partial charge >= 0.3 is 0 Å². The van der Waals surface area contributed by atoms with Crippen molar-refractivity contribution in [2.75, 3.05) is 5.32 Å². The molecule has 0 saturated heterocycles. The lowest BCUT2D eigenvalue weighted by atomic mass is 10.1. The van der Waals surface area contributed by atoms with Gasteiger partial charge in [0, 0.05) is 28.2 Å². The van der Waals surface area contributed by atoms with E-state index in [0.29, 0.717) is 0 Å². The molecule has 0 radical (unpaired) electrons. The molecule has 2 nitrogen and oxygen atoms in total. The summed E-state index contributed by atoms with van der Waals surface area (Å²) < 4.78 is 5.89. The second-order valence-corrected chi connectivity index (χ2v) is 4.80. The maximum atomic E-state index is 5.89. The molecule has 0 aliphatic carbocycles. The highest BCUT2D eigenvalue weighted by Crippen LogP contribution is 2.31. The largest absolute Gasteiger partial charge is 0.456 e. The summed E-state index contributed by atoms with van der Waals surface area (Å²) in [5.74, 6) is 0. The Kier molecular flexibility index (Phi) is 6.44. The Hall–Kier alpha value is -2.74. The zero-order valence-electron chi connectivity index (χ0n) is 14.8. The molecule has 1 N–H and O–H groups in total. The highest BCUT2D eigenvalue weighted by Gasteiger charge is 2.06. The molecule has 0 saturated carbocycles. The maximum absolute atomic E-state index is 5.89. The topological polar surface area (TPSA) is 25.2 Å². The van der Waals surface area contributed by atoms with E-state index in [0.717, 1.165) is 33.3 Å². The molecule has 3 aromatic carbocycles. The van der Waals surface area contributed by atoms with E-state index in [4.69, 9.17) is 4.42 Å². The molecular weight excluding hydrogens is 294 g/mol. The van der Waals surface area contributed by atoms with Crippen molar-refractivity contribution in [2.24, 2.45) is 0 Å². The van der Waals surface area contributed by atoms with Crippen LogP contribution in [-0.4, -0.2) is 0 Å². The van der Waals surface area contributed by atoms with Crippen LogP contribution in [0.2, 0.25) is 0 Å². The third-order valence-electron chi connectivity index (χ3n) is 3.44. The van der Waals surface area contributed by atoms with Gasteiger partial charge < -0.3 is 9.73 Å². The molecule has 24 heavy (non-hydrogen) atoms. The van der Waals surface area contributed by atoms with Crippen LogP contribution in [0.4, 0.5) is 11.4 Å². The van der Waals surface area contributed by atoms with Crippen LogP contribution in [0.5, 0.6) is 0 Å². The van der Waals surface area contributed by atoms with Gasteiger partial charge in [-0.3, -0.25) is 0 Å². The first kappa shape index (κ1) is 17.6. The SMILES string of the molecule is CC.CC.c1ccc(Nc2ccc3c(c2)oc2ccccc23)cc1. The molecule has 124 valence electrons. The van der Waals surface area contributed by atoms with Gasteiger partial charge in [0.05, 0.1) is 0 Å². The predicted octanol–water partition coefficient (Wildman–Crippen LogP) is 7.38. The Labute approximate surface area is 144 Å². The lowest BCUT2D eigenvalue weighted by Gasteiger charge is -2.05. The molecular formula is C22H25NO. The van der Waals surface area contributed by atoms with Crippen molar-refractivity contribution in [2.45, 2.75) is 27.7 Å². The molecule has 1 heterocycles.